The molecule has 1 aromatic heterocycles. The third-order valence-electron chi connectivity index (χ3n) is 3.46. The molecule has 0 atom stereocenters. The standard InChI is InChI=1S/C19H19ClN2O2S/c1-2-23-16-6-8-17(9-7-16)24-13-14-4-3-5-15(10-14)21-11-18-12-22-19(20)25-18/h3-10,12,21H,2,11,13H2,1H3. The van der Waals surface area contributed by atoms with E-state index in [1.807, 2.05) is 49.4 Å². The molecule has 0 saturated carbocycles. The Morgan fingerprint density at radius 1 is 1.08 bits per heavy atom. The highest BCUT2D eigenvalue weighted by atomic mass is 35.5. The first-order valence-electron chi connectivity index (χ1n) is 8.01. The van der Waals surface area contributed by atoms with E-state index in [4.69, 9.17) is 21.1 Å². The number of hydrogen-bond donors (Lipinski definition) is 1. The molecule has 0 fully saturated rings. The zero-order chi connectivity index (χ0) is 17.5. The number of aromatic nitrogens is 1. The topological polar surface area (TPSA) is 43.4 Å². The van der Waals surface area contributed by atoms with Crippen molar-refractivity contribution in [2.24, 2.45) is 0 Å². The van der Waals surface area contributed by atoms with Gasteiger partial charge in [-0.05, 0) is 48.9 Å². The van der Waals surface area contributed by atoms with Crippen LogP contribution in [0.4, 0.5) is 5.69 Å². The van der Waals surface area contributed by atoms with Crippen molar-refractivity contribution < 1.29 is 9.47 Å². The molecule has 4 nitrogen and oxygen atoms in total. The van der Waals surface area contributed by atoms with E-state index in [2.05, 4.69) is 16.4 Å². The summed E-state index contributed by atoms with van der Waals surface area (Å²) in [7, 11) is 0. The highest BCUT2D eigenvalue weighted by Gasteiger charge is 2.02. The molecule has 25 heavy (non-hydrogen) atoms. The van der Waals surface area contributed by atoms with Crippen molar-refractivity contribution >= 4 is 28.6 Å². The molecule has 3 aromatic rings. The molecule has 0 unspecified atom stereocenters. The average molecular weight is 375 g/mol. The molecule has 0 spiro atoms. The van der Waals surface area contributed by atoms with E-state index in [1.54, 1.807) is 6.20 Å². The van der Waals surface area contributed by atoms with E-state index < -0.39 is 0 Å². The van der Waals surface area contributed by atoms with Gasteiger partial charge in [0.15, 0.2) is 4.47 Å². The van der Waals surface area contributed by atoms with E-state index in [1.165, 1.54) is 11.3 Å². The minimum absolute atomic E-state index is 0.510. The number of rotatable bonds is 8. The van der Waals surface area contributed by atoms with Gasteiger partial charge in [0.1, 0.15) is 18.1 Å². The van der Waals surface area contributed by atoms with Crippen molar-refractivity contribution in [3.63, 3.8) is 0 Å². The molecule has 130 valence electrons. The Morgan fingerprint density at radius 3 is 2.52 bits per heavy atom. The second-order valence-electron chi connectivity index (χ2n) is 5.33. The van der Waals surface area contributed by atoms with Gasteiger partial charge in [0, 0.05) is 16.8 Å². The van der Waals surface area contributed by atoms with Crippen LogP contribution in [0.3, 0.4) is 0 Å². The van der Waals surface area contributed by atoms with Gasteiger partial charge in [0.2, 0.25) is 0 Å². The summed E-state index contributed by atoms with van der Waals surface area (Å²) in [6.45, 7) is 3.84. The van der Waals surface area contributed by atoms with Crippen molar-refractivity contribution in [1.82, 2.24) is 4.98 Å². The summed E-state index contributed by atoms with van der Waals surface area (Å²) in [5.41, 5.74) is 2.14. The van der Waals surface area contributed by atoms with Gasteiger partial charge in [-0.2, -0.15) is 0 Å². The molecule has 0 radical (unpaired) electrons. The van der Waals surface area contributed by atoms with Crippen LogP contribution in [0.5, 0.6) is 11.5 Å². The molecular weight excluding hydrogens is 356 g/mol. The molecule has 0 aliphatic carbocycles. The minimum atomic E-state index is 0.510. The Labute approximate surface area is 156 Å². The van der Waals surface area contributed by atoms with E-state index in [0.29, 0.717) is 24.2 Å². The molecule has 0 bridgehead atoms. The zero-order valence-electron chi connectivity index (χ0n) is 13.9. The van der Waals surface area contributed by atoms with Crippen molar-refractivity contribution in [3.05, 3.63) is 69.6 Å². The van der Waals surface area contributed by atoms with Gasteiger partial charge in [-0.1, -0.05) is 23.7 Å². The summed E-state index contributed by atoms with van der Waals surface area (Å²) in [4.78, 5) is 5.14. The number of ether oxygens (including phenoxy) is 2. The van der Waals surface area contributed by atoms with Crippen LogP contribution in [0.15, 0.2) is 54.7 Å². The fourth-order valence-corrected chi connectivity index (χ4v) is 3.21. The van der Waals surface area contributed by atoms with Crippen LogP contribution in [0.1, 0.15) is 17.4 Å². The molecule has 0 aliphatic rings. The Bertz CT molecular complexity index is 805. The lowest BCUT2D eigenvalue weighted by Gasteiger charge is -2.10. The fraction of sp³-hybridized carbons (Fsp3) is 0.211. The van der Waals surface area contributed by atoms with Crippen LogP contribution in [0.25, 0.3) is 0 Å². The smallest absolute Gasteiger partial charge is 0.183 e. The number of nitrogens with one attached hydrogen (secondary N) is 1. The quantitative estimate of drug-likeness (QED) is 0.574. The maximum Gasteiger partial charge on any atom is 0.183 e. The predicted octanol–water partition coefficient (Wildman–Crippen LogP) is 5.39. The molecule has 0 amide bonds. The van der Waals surface area contributed by atoms with Crippen molar-refractivity contribution in [2.45, 2.75) is 20.1 Å². The summed E-state index contributed by atoms with van der Waals surface area (Å²) >= 11 is 7.33. The highest BCUT2D eigenvalue weighted by molar-refractivity contribution is 7.15. The SMILES string of the molecule is CCOc1ccc(OCc2cccc(NCc3cnc(Cl)s3)c2)cc1. The second-order valence-corrected chi connectivity index (χ2v) is 7.02. The van der Waals surface area contributed by atoms with Crippen LogP contribution in [-0.2, 0) is 13.2 Å². The maximum absolute atomic E-state index is 5.85. The zero-order valence-corrected chi connectivity index (χ0v) is 15.4. The lowest BCUT2D eigenvalue weighted by atomic mass is 10.2. The van der Waals surface area contributed by atoms with Gasteiger partial charge in [0.05, 0.1) is 13.2 Å². The summed E-state index contributed by atoms with van der Waals surface area (Å²) < 4.78 is 11.8. The molecule has 1 N–H and O–H groups in total. The first-order chi connectivity index (χ1) is 12.2. The number of anilines is 1. The van der Waals surface area contributed by atoms with Crippen LogP contribution in [-0.4, -0.2) is 11.6 Å². The largest absolute Gasteiger partial charge is 0.494 e. The normalized spacial score (nSPS) is 10.5. The Kier molecular flexibility index (Phi) is 6.14. The van der Waals surface area contributed by atoms with Crippen LogP contribution < -0.4 is 14.8 Å². The van der Waals surface area contributed by atoms with Gasteiger partial charge in [-0.25, -0.2) is 4.98 Å². The third kappa shape index (κ3) is 5.37. The fourth-order valence-electron chi connectivity index (χ4n) is 2.29. The molecular formula is C19H19ClN2O2S. The number of benzene rings is 2. The lowest BCUT2D eigenvalue weighted by molar-refractivity contribution is 0.304. The third-order valence-corrected chi connectivity index (χ3v) is 4.57. The molecule has 3 rings (SSSR count). The molecule has 6 heteroatoms. The summed E-state index contributed by atoms with van der Waals surface area (Å²) in [6, 6.07) is 15.8. The number of nitrogens with zero attached hydrogens (tertiary/aromatic N) is 1. The Hall–Kier alpha value is -2.24. The van der Waals surface area contributed by atoms with Crippen molar-refractivity contribution in [2.75, 3.05) is 11.9 Å². The Balaban J connectivity index is 1.54. The average Bonchev–Trinajstić information content (AvgIpc) is 3.05. The molecule has 0 saturated heterocycles. The first kappa shape index (κ1) is 17.6. The van der Waals surface area contributed by atoms with E-state index in [-0.39, 0.29) is 0 Å². The number of thiazole rings is 1. The van der Waals surface area contributed by atoms with Gasteiger partial charge >= 0.3 is 0 Å². The van der Waals surface area contributed by atoms with Crippen molar-refractivity contribution in [1.29, 1.82) is 0 Å². The summed E-state index contributed by atoms with van der Waals surface area (Å²) in [6.07, 6.45) is 1.79. The van der Waals surface area contributed by atoms with Gasteiger partial charge in [-0.15, -0.1) is 11.3 Å². The monoisotopic (exact) mass is 374 g/mol. The summed E-state index contributed by atoms with van der Waals surface area (Å²) in [5.74, 6) is 1.67. The predicted molar refractivity (Wildman–Crippen MR) is 103 cm³/mol. The number of halogens is 1. The second kappa shape index (κ2) is 8.74. The minimum Gasteiger partial charge on any atom is -0.494 e. The van der Waals surface area contributed by atoms with Gasteiger partial charge < -0.3 is 14.8 Å². The van der Waals surface area contributed by atoms with Gasteiger partial charge in [-0.3, -0.25) is 0 Å². The molecule has 1 heterocycles. The Morgan fingerprint density at radius 2 is 1.84 bits per heavy atom. The van der Waals surface area contributed by atoms with E-state index in [0.717, 1.165) is 27.6 Å². The number of hydrogen-bond acceptors (Lipinski definition) is 5. The molecule has 0 aliphatic heterocycles. The first-order valence-corrected chi connectivity index (χ1v) is 9.21. The molecule has 2 aromatic carbocycles. The van der Waals surface area contributed by atoms with Crippen LogP contribution >= 0.6 is 22.9 Å². The van der Waals surface area contributed by atoms with E-state index >= 15 is 0 Å². The lowest BCUT2D eigenvalue weighted by Crippen LogP contribution is -2.00. The van der Waals surface area contributed by atoms with Crippen LogP contribution in [0, 0.1) is 0 Å². The summed E-state index contributed by atoms with van der Waals surface area (Å²) in [5, 5.41) is 3.37. The van der Waals surface area contributed by atoms with Gasteiger partial charge in [0.25, 0.3) is 0 Å². The highest BCUT2D eigenvalue weighted by Crippen LogP contribution is 2.21. The van der Waals surface area contributed by atoms with Crippen molar-refractivity contribution in [3.8, 4) is 11.5 Å². The van der Waals surface area contributed by atoms with Crippen LogP contribution in [0.2, 0.25) is 4.47 Å². The maximum atomic E-state index is 5.85. The van der Waals surface area contributed by atoms with E-state index in [9.17, 15) is 0 Å².